The summed E-state index contributed by atoms with van der Waals surface area (Å²) in [5.41, 5.74) is 4.75. The molecule has 4 fully saturated rings. The highest BCUT2D eigenvalue weighted by atomic mass is 16.3. The molecule has 3 amide bonds. The van der Waals surface area contributed by atoms with Crippen LogP contribution in [0.3, 0.4) is 0 Å². The number of rotatable bonds is 2. The molecule has 6 heteroatoms. The molecule has 4 bridgehead atoms. The lowest BCUT2D eigenvalue weighted by Crippen LogP contribution is -2.62. The van der Waals surface area contributed by atoms with Crippen LogP contribution in [0.15, 0.2) is 22.8 Å². The third-order valence-electron chi connectivity index (χ3n) is 5.45. The minimum absolute atomic E-state index is 0.0613. The molecule has 0 radical (unpaired) electrons. The van der Waals surface area contributed by atoms with Crippen molar-refractivity contribution in [2.45, 2.75) is 44.1 Å². The predicted molar refractivity (Wildman–Crippen MR) is 78.7 cm³/mol. The number of carbonyl (C=O) groups excluding carboxylic acids is 2. The molecule has 0 spiro atoms. The van der Waals surface area contributed by atoms with Gasteiger partial charge in [0.2, 0.25) is 0 Å². The normalized spacial score (nSPS) is 35.2. The first-order chi connectivity index (χ1) is 10.6. The molecule has 22 heavy (non-hydrogen) atoms. The Bertz CT molecular complexity index is 546. The van der Waals surface area contributed by atoms with E-state index in [4.69, 9.17) is 4.42 Å². The maximum absolute atomic E-state index is 12.1. The zero-order valence-electron chi connectivity index (χ0n) is 12.4. The molecule has 4 aliphatic carbocycles. The molecular formula is C16H21N3O3. The SMILES string of the molecule is O=C(NNC(=O)c1ccco1)NC12CC3CC(CC(C3)C1)C2. The van der Waals surface area contributed by atoms with Crippen LogP contribution in [0, 0.1) is 17.8 Å². The van der Waals surface area contributed by atoms with Gasteiger partial charge in [0.05, 0.1) is 6.26 Å². The Morgan fingerprint density at radius 3 is 2.23 bits per heavy atom. The van der Waals surface area contributed by atoms with Gasteiger partial charge in [0, 0.05) is 5.54 Å². The highest BCUT2D eigenvalue weighted by molar-refractivity contribution is 5.92. The van der Waals surface area contributed by atoms with Crippen LogP contribution < -0.4 is 16.2 Å². The molecule has 0 saturated heterocycles. The zero-order valence-corrected chi connectivity index (χ0v) is 12.4. The molecule has 0 unspecified atom stereocenters. The van der Waals surface area contributed by atoms with E-state index in [1.165, 1.54) is 25.5 Å². The first-order valence-corrected chi connectivity index (χ1v) is 8.04. The minimum atomic E-state index is -0.453. The van der Waals surface area contributed by atoms with Crippen molar-refractivity contribution < 1.29 is 14.0 Å². The van der Waals surface area contributed by atoms with Crippen LogP contribution in [0.1, 0.15) is 49.1 Å². The predicted octanol–water partition coefficient (Wildman–Crippen LogP) is 2.19. The van der Waals surface area contributed by atoms with E-state index in [-0.39, 0.29) is 17.3 Å². The smallest absolute Gasteiger partial charge is 0.333 e. The molecule has 1 aromatic heterocycles. The Labute approximate surface area is 129 Å². The van der Waals surface area contributed by atoms with Crippen LogP contribution in [0.4, 0.5) is 4.79 Å². The van der Waals surface area contributed by atoms with Crippen molar-refractivity contribution in [1.29, 1.82) is 0 Å². The summed E-state index contributed by atoms with van der Waals surface area (Å²) in [7, 11) is 0. The Morgan fingerprint density at radius 1 is 1.05 bits per heavy atom. The third kappa shape index (κ3) is 2.46. The largest absolute Gasteiger partial charge is 0.459 e. The summed E-state index contributed by atoms with van der Waals surface area (Å²) in [6.07, 6.45) is 8.66. The number of hydrogen-bond acceptors (Lipinski definition) is 3. The van der Waals surface area contributed by atoms with E-state index in [1.807, 2.05) is 0 Å². The van der Waals surface area contributed by atoms with Crippen molar-refractivity contribution in [3.8, 4) is 0 Å². The lowest BCUT2D eigenvalue weighted by Gasteiger charge is -2.56. The first-order valence-electron chi connectivity index (χ1n) is 8.04. The average Bonchev–Trinajstić information content (AvgIpc) is 2.97. The highest BCUT2D eigenvalue weighted by Gasteiger charge is 2.51. The van der Waals surface area contributed by atoms with E-state index in [2.05, 4.69) is 16.2 Å². The second-order valence-electron chi connectivity index (χ2n) is 7.21. The maximum Gasteiger partial charge on any atom is 0.333 e. The quantitative estimate of drug-likeness (QED) is 0.732. The van der Waals surface area contributed by atoms with Crippen molar-refractivity contribution in [2.75, 3.05) is 0 Å². The second kappa shape index (κ2) is 5.04. The van der Waals surface area contributed by atoms with Crippen molar-refractivity contribution in [3.63, 3.8) is 0 Å². The summed E-state index contributed by atoms with van der Waals surface area (Å²) in [5, 5.41) is 3.13. The monoisotopic (exact) mass is 303 g/mol. The molecule has 4 saturated carbocycles. The van der Waals surface area contributed by atoms with Gasteiger partial charge in [-0.2, -0.15) is 0 Å². The van der Waals surface area contributed by atoms with Crippen molar-refractivity contribution >= 4 is 11.9 Å². The Hall–Kier alpha value is -1.98. The summed E-state index contributed by atoms with van der Waals surface area (Å²) >= 11 is 0. The minimum Gasteiger partial charge on any atom is -0.459 e. The Morgan fingerprint density at radius 2 is 1.68 bits per heavy atom. The van der Waals surface area contributed by atoms with Gasteiger partial charge < -0.3 is 9.73 Å². The molecule has 0 atom stereocenters. The molecule has 5 rings (SSSR count). The van der Waals surface area contributed by atoms with E-state index in [0.29, 0.717) is 0 Å². The van der Waals surface area contributed by atoms with E-state index in [9.17, 15) is 9.59 Å². The highest BCUT2D eigenvalue weighted by Crippen LogP contribution is 2.55. The summed E-state index contributed by atoms with van der Waals surface area (Å²) in [6, 6.07) is 2.85. The lowest BCUT2D eigenvalue weighted by molar-refractivity contribution is -0.0137. The van der Waals surface area contributed by atoms with Crippen LogP contribution in [-0.4, -0.2) is 17.5 Å². The van der Waals surface area contributed by atoms with Gasteiger partial charge in [-0.3, -0.25) is 10.2 Å². The van der Waals surface area contributed by atoms with Gasteiger partial charge in [0.1, 0.15) is 0 Å². The van der Waals surface area contributed by atoms with E-state index < -0.39 is 5.91 Å². The third-order valence-corrected chi connectivity index (χ3v) is 5.45. The van der Waals surface area contributed by atoms with Crippen LogP contribution in [-0.2, 0) is 0 Å². The van der Waals surface area contributed by atoms with Crippen LogP contribution in [0.25, 0.3) is 0 Å². The first kappa shape index (κ1) is 13.7. The van der Waals surface area contributed by atoms with Gasteiger partial charge in [-0.05, 0) is 68.4 Å². The molecule has 6 nitrogen and oxygen atoms in total. The molecule has 4 aliphatic rings. The fourth-order valence-electron chi connectivity index (χ4n) is 5.12. The average molecular weight is 303 g/mol. The van der Waals surface area contributed by atoms with Crippen LogP contribution >= 0.6 is 0 Å². The number of carbonyl (C=O) groups is 2. The molecular weight excluding hydrogens is 282 g/mol. The summed E-state index contributed by atoms with van der Waals surface area (Å²) < 4.78 is 4.98. The molecule has 118 valence electrons. The van der Waals surface area contributed by atoms with Crippen molar-refractivity contribution in [2.24, 2.45) is 17.8 Å². The Kier molecular flexibility index (Phi) is 3.13. The van der Waals surface area contributed by atoms with Gasteiger partial charge in [-0.25, -0.2) is 10.2 Å². The number of hydrogen-bond donors (Lipinski definition) is 3. The maximum atomic E-state index is 12.1. The summed E-state index contributed by atoms with van der Waals surface area (Å²) in [6.45, 7) is 0. The van der Waals surface area contributed by atoms with Gasteiger partial charge in [0.25, 0.3) is 0 Å². The molecule has 1 heterocycles. The fourth-order valence-corrected chi connectivity index (χ4v) is 5.12. The van der Waals surface area contributed by atoms with Gasteiger partial charge in [0.15, 0.2) is 5.76 Å². The van der Waals surface area contributed by atoms with Crippen molar-refractivity contribution in [1.82, 2.24) is 16.2 Å². The summed E-state index contributed by atoms with van der Waals surface area (Å²) in [5.74, 6) is 2.03. The fraction of sp³-hybridized carbons (Fsp3) is 0.625. The van der Waals surface area contributed by atoms with Gasteiger partial charge in [-0.1, -0.05) is 0 Å². The molecule has 3 N–H and O–H groups in total. The van der Waals surface area contributed by atoms with Crippen LogP contribution in [0.2, 0.25) is 0 Å². The van der Waals surface area contributed by atoms with E-state index >= 15 is 0 Å². The standard InChI is InChI=1S/C16H21N3O3/c20-14(13-2-1-3-22-13)18-19-15(21)17-16-7-10-4-11(8-16)6-12(5-10)9-16/h1-3,10-12H,4-9H2,(H,18,20)(H2,17,19,21). The molecule has 1 aromatic rings. The number of nitrogens with one attached hydrogen (secondary N) is 3. The van der Waals surface area contributed by atoms with Crippen molar-refractivity contribution in [3.05, 3.63) is 24.2 Å². The topological polar surface area (TPSA) is 83.4 Å². The van der Waals surface area contributed by atoms with E-state index in [0.717, 1.165) is 37.0 Å². The zero-order chi connectivity index (χ0) is 15.2. The van der Waals surface area contributed by atoms with E-state index in [1.54, 1.807) is 12.1 Å². The van der Waals surface area contributed by atoms with Gasteiger partial charge in [-0.15, -0.1) is 0 Å². The number of furan rings is 1. The lowest BCUT2D eigenvalue weighted by atomic mass is 9.53. The number of hydrazine groups is 1. The number of amides is 3. The van der Waals surface area contributed by atoms with Gasteiger partial charge >= 0.3 is 11.9 Å². The number of urea groups is 1. The summed E-state index contributed by atoms with van der Waals surface area (Å²) in [4.78, 5) is 23.9. The molecule has 0 aliphatic heterocycles. The molecule has 0 aromatic carbocycles. The van der Waals surface area contributed by atoms with Crippen LogP contribution in [0.5, 0.6) is 0 Å². The second-order valence-corrected chi connectivity index (χ2v) is 7.21. The Balaban J connectivity index is 1.33.